The zero-order chi connectivity index (χ0) is 27.8. The van der Waals surface area contributed by atoms with E-state index in [0.717, 1.165) is 11.1 Å². The lowest BCUT2D eigenvalue weighted by Crippen LogP contribution is -2.31. The zero-order valence-electron chi connectivity index (χ0n) is 22.3. The maximum Gasteiger partial charge on any atom is 0.295 e. The molecule has 0 radical (unpaired) electrons. The van der Waals surface area contributed by atoms with Gasteiger partial charge in [0.15, 0.2) is 0 Å². The third-order valence-electron chi connectivity index (χ3n) is 6.47. The number of ether oxygens (including phenoxy) is 3. The topological polar surface area (TPSA) is 85.3 Å². The van der Waals surface area contributed by atoms with E-state index in [1.807, 2.05) is 25.1 Å². The average Bonchev–Trinajstić information content (AvgIpc) is 3.20. The Hall–Kier alpha value is -4.36. The van der Waals surface area contributed by atoms with Gasteiger partial charge < -0.3 is 24.2 Å². The van der Waals surface area contributed by atoms with Gasteiger partial charge in [-0.15, -0.1) is 0 Å². The number of benzene rings is 3. The number of hydrogen-bond acceptors (Lipinski definition) is 6. The Morgan fingerprint density at radius 1 is 1.00 bits per heavy atom. The van der Waals surface area contributed by atoms with Crippen molar-refractivity contribution in [2.24, 2.45) is 0 Å². The number of ketones is 1. The zero-order valence-corrected chi connectivity index (χ0v) is 22.3. The van der Waals surface area contributed by atoms with Crippen LogP contribution in [0.5, 0.6) is 11.5 Å². The summed E-state index contributed by atoms with van der Waals surface area (Å²) in [5, 5.41) is 11.3. The Balaban J connectivity index is 1.62. The van der Waals surface area contributed by atoms with E-state index >= 15 is 0 Å². The summed E-state index contributed by atoms with van der Waals surface area (Å²) < 4.78 is 16.6. The number of rotatable bonds is 12. The normalized spacial score (nSPS) is 16.4. The molecule has 3 aromatic rings. The lowest BCUT2D eigenvalue weighted by molar-refractivity contribution is -0.140. The Bertz CT molecular complexity index is 1340. The van der Waals surface area contributed by atoms with Gasteiger partial charge in [-0.3, -0.25) is 9.59 Å². The molecule has 39 heavy (non-hydrogen) atoms. The van der Waals surface area contributed by atoms with Gasteiger partial charge in [0.2, 0.25) is 0 Å². The second-order valence-electron chi connectivity index (χ2n) is 9.31. The van der Waals surface area contributed by atoms with Crippen molar-refractivity contribution in [1.29, 1.82) is 0 Å². The first kappa shape index (κ1) is 27.7. The highest BCUT2D eigenvalue weighted by molar-refractivity contribution is 6.46. The van der Waals surface area contributed by atoms with E-state index in [0.29, 0.717) is 55.4 Å². The van der Waals surface area contributed by atoms with E-state index in [4.69, 9.17) is 14.2 Å². The summed E-state index contributed by atoms with van der Waals surface area (Å²) in [7, 11) is 1.59. The standard InChI is InChI=1S/C32H33NO6/c1-4-18-38-26-13-9-24(10-14-26)29-28(31(35)32(36)33(29)17-6-19-37-3)30(34)25-11-15-27(16-12-25)39-21-23-8-5-7-22(2)20-23/h4-5,7-16,20,29,34H,1,6,17-19,21H2,2-3H3/t29-/m1/s1. The molecule has 1 heterocycles. The molecule has 7 heteroatoms. The first-order chi connectivity index (χ1) is 18.9. The molecule has 1 saturated heterocycles. The minimum absolute atomic E-state index is 0.0469. The SMILES string of the molecule is C=CCOc1ccc([C@@H]2C(=C(O)c3ccc(OCc4cccc(C)c4)cc3)C(=O)C(=O)N2CCCOC)cc1. The summed E-state index contributed by atoms with van der Waals surface area (Å²) in [5.41, 5.74) is 3.37. The van der Waals surface area contributed by atoms with Gasteiger partial charge in [0, 0.05) is 25.8 Å². The van der Waals surface area contributed by atoms with Gasteiger partial charge in [-0.25, -0.2) is 0 Å². The lowest BCUT2D eigenvalue weighted by atomic mass is 9.95. The van der Waals surface area contributed by atoms with Crippen LogP contribution in [0.1, 0.15) is 34.7 Å². The van der Waals surface area contributed by atoms with Crippen LogP contribution < -0.4 is 9.47 Å². The summed E-state index contributed by atoms with van der Waals surface area (Å²) in [6.07, 6.45) is 2.20. The summed E-state index contributed by atoms with van der Waals surface area (Å²) >= 11 is 0. The third kappa shape index (κ3) is 6.56. The number of hydrogen-bond donors (Lipinski definition) is 1. The minimum atomic E-state index is -0.743. The average molecular weight is 528 g/mol. The maximum absolute atomic E-state index is 13.2. The molecule has 1 fully saturated rings. The van der Waals surface area contributed by atoms with Crippen LogP contribution in [0.4, 0.5) is 0 Å². The minimum Gasteiger partial charge on any atom is -0.507 e. The van der Waals surface area contributed by atoms with E-state index in [-0.39, 0.29) is 11.3 Å². The maximum atomic E-state index is 13.2. The molecule has 1 aliphatic rings. The fourth-order valence-corrected chi connectivity index (χ4v) is 4.57. The second-order valence-corrected chi connectivity index (χ2v) is 9.31. The van der Waals surface area contributed by atoms with Crippen molar-refractivity contribution in [2.75, 3.05) is 26.9 Å². The number of aliphatic hydroxyl groups is 1. The fourth-order valence-electron chi connectivity index (χ4n) is 4.57. The van der Waals surface area contributed by atoms with Gasteiger partial charge in [-0.05, 0) is 60.9 Å². The molecule has 1 amide bonds. The van der Waals surface area contributed by atoms with Crippen LogP contribution in [-0.2, 0) is 20.9 Å². The van der Waals surface area contributed by atoms with Crippen LogP contribution in [-0.4, -0.2) is 48.6 Å². The summed E-state index contributed by atoms with van der Waals surface area (Å²) in [5.74, 6) is -0.342. The first-order valence-electron chi connectivity index (χ1n) is 12.8. The van der Waals surface area contributed by atoms with Gasteiger partial charge in [-0.2, -0.15) is 0 Å². The Kier molecular flexibility index (Phi) is 9.18. The van der Waals surface area contributed by atoms with Crippen molar-refractivity contribution in [3.05, 3.63) is 113 Å². The summed E-state index contributed by atoms with van der Waals surface area (Å²) in [4.78, 5) is 27.8. The lowest BCUT2D eigenvalue weighted by Gasteiger charge is -2.25. The molecule has 4 rings (SSSR count). The molecule has 0 bridgehead atoms. The van der Waals surface area contributed by atoms with E-state index in [9.17, 15) is 14.7 Å². The Labute approximate surface area is 228 Å². The number of amides is 1. The van der Waals surface area contributed by atoms with Gasteiger partial charge >= 0.3 is 0 Å². The van der Waals surface area contributed by atoms with Crippen molar-refractivity contribution < 1.29 is 28.9 Å². The van der Waals surface area contributed by atoms with Gasteiger partial charge in [0.05, 0.1) is 11.6 Å². The molecular formula is C32H33NO6. The van der Waals surface area contributed by atoms with Crippen LogP contribution in [0.25, 0.3) is 5.76 Å². The smallest absolute Gasteiger partial charge is 0.295 e. The van der Waals surface area contributed by atoms with Crippen LogP contribution in [0.2, 0.25) is 0 Å². The number of Topliss-reactive ketones (excluding diaryl/α,β-unsaturated/α-hetero) is 1. The molecule has 0 saturated carbocycles. The molecule has 1 aliphatic heterocycles. The fraction of sp³-hybridized carbons (Fsp3) is 0.250. The number of aliphatic hydroxyl groups excluding tert-OH is 1. The molecule has 202 valence electrons. The number of carbonyl (C=O) groups excluding carboxylic acids is 2. The van der Waals surface area contributed by atoms with Crippen molar-refractivity contribution in [3.8, 4) is 11.5 Å². The Morgan fingerprint density at radius 3 is 2.36 bits per heavy atom. The van der Waals surface area contributed by atoms with Crippen molar-refractivity contribution in [1.82, 2.24) is 4.90 Å². The van der Waals surface area contributed by atoms with E-state index in [1.54, 1.807) is 61.7 Å². The number of aryl methyl sites for hydroxylation is 1. The predicted octanol–water partition coefficient (Wildman–Crippen LogP) is 5.60. The molecule has 0 aromatic heterocycles. The van der Waals surface area contributed by atoms with E-state index in [1.165, 1.54) is 4.90 Å². The van der Waals surface area contributed by atoms with Gasteiger partial charge in [-0.1, -0.05) is 54.6 Å². The predicted molar refractivity (Wildman–Crippen MR) is 150 cm³/mol. The van der Waals surface area contributed by atoms with Crippen LogP contribution in [0, 0.1) is 6.92 Å². The monoisotopic (exact) mass is 527 g/mol. The molecular weight excluding hydrogens is 494 g/mol. The molecule has 3 aromatic carbocycles. The van der Waals surface area contributed by atoms with Crippen LogP contribution in [0.3, 0.4) is 0 Å². The van der Waals surface area contributed by atoms with Crippen LogP contribution >= 0.6 is 0 Å². The summed E-state index contributed by atoms with van der Waals surface area (Å²) in [6, 6.07) is 21.3. The third-order valence-corrected chi connectivity index (χ3v) is 6.47. The largest absolute Gasteiger partial charge is 0.507 e. The van der Waals surface area contributed by atoms with Crippen molar-refractivity contribution in [3.63, 3.8) is 0 Å². The molecule has 0 spiro atoms. The summed E-state index contributed by atoms with van der Waals surface area (Å²) in [6.45, 7) is 7.19. The Morgan fingerprint density at radius 2 is 1.69 bits per heavy atom. The molecule has 0 unspecified atom stereocenters. The van der Waals surface area contributed by atoms with Gasteiger partial charge in [0.25, 0.3) is 11.7 Å². The van der Waals surface area contributed by atoms with E-state index < -0.39 is 17.7 Å². The first-order valence-corrected chi connectivity index (χ1v) is 12.8. The molecule has 1 atom stereocenters. The quantitative estimate of drug-likeness (QED) is 0.109. The van der Waals surface area contributed by atoms with Crippen molar-refractivity contribution >= 4 is 17.4 Å². The number of likely N-dealkylation sites (tertiary alicyclic amines) is 1. The molecule has 7 nitrogen and oxygen atoms in total. The number of methoxy groups -OCH3 is 1. The highest BCUT2D eigenvalue weighted by Gasteiger charge is 2.45. The highest BCUT2D eigenvalue weighted by atomic mass is 16.5. The molecule has 1 N–H and O–H groups in total. The van der Waals surface area contributed by atoms with Crippen molar-refractivity contribution in [2.45, 2.75) is 26.0 Å². The second kappa shape index (κ2) is 12.9. The highest BCUT2D eigenvalue weighted by Crippen LogP contribution is 2.40. The van der Waals surface area contributed by atoms with Gasteiger partial charge in [0.1, 0.15) is 30.5 Å². The van der Waals surface area contributed by atoms with Crippen LogP contribution in [0.15, 0.2) is 91.0 Å². The van der Waals surface area contributed by atoms with E-state index in [2.05, 4.69) is 12.6 Å². The molecule has 0 aliphatic carbocycles. The number of carbonyl (C=O) groups is 2. The number of nitrogens with zero attached hydrogens (tertiary/aromatic N) is 1.